The predicted molar refractivity (Wildman–Crippen MR) is 55.7 cm³/mol. The number of benzene rings is 1. The number of hydrogen-bond donors (Lipinski definition) is 2. The Balaban J connectivity index is 2.49. The van der Waals surface area contributed by atoms with Gasteiger partial charge in [-0.15, -0.1) is 0 Å². The predicted octanol–water partition coefficient (Wildman–Crippen LogP) is 2.39. The molecule has 1 aromatic carbocycles. The van der Waals surface area contributed by atoms with Crippen LogP contribution in [-0.4, -0.2) is 10.1 Å². The molecule has 0 radical (unpaired) electrons. The molecule has 0 amide bonds. The highest BCUT2D eigenvalue weighted by Crippen LogP contribution is 2.30. The van der Waals surface area contributed by atoms with Crippen molar-refractivity contribution in [3.8, 4) is 17.0 Å². The molecule has 3 N–H and O–H groups in total. The molecule has 14 heavy (non-hydrogen) atoms. The lowest BCUT2D eigenvalue weighted by atomic mass is 10.2. The summed E-state index contributed by atoms with van der Waals surface area (Å²) >= 11 is 3.20. The van der Waals surface area contributed by atoms with E-state index < -0.39 is 0 Å². The number of oxazole rings is 1. The highest BCUT2D eigenvalue weighted by Gasteiger charge is 2.10. The first-order valence-corrected chi connectivity index (χ1v) is 4.67. The fraction of sp³-hybridized carbons (Fsp3) is 0. The summed E-state index contributed by atoms with van der Waals surface area (Å²) in [5, 5.41) is 9.10. The van der Waals surface area contributed by atoms with E-state index in [9.17, 15) is 0 Å². The summed E-state index contributed by atoms with van der Waals surface area (Å²) in [4.78, 5) is 3.99. The van der Waals surface area contributed by atoms with E-state index in [0.29, 0.717) is 10.4 Å². The van der Waals surface area contributed by atoms with Crippen molar-refractivity contribution in [3.63, 3.8) is 0 Å². The molecule has 0 atom stereocenters. The number of aromatic nitrogens is 1. The van der Waals surface area contributed by atoms with Crippen LogP contribution in [0, 0.1) is 0 Å². The third-order valence-corrected chi connectivity index (χ3v) is 2.28. The second kappa shape index (κ2) is 3.34. The molecule has 0 bridgehead atoms. The van der Waals surface area contributed by atoms with Gasteiger partial charge in [-0.1, -0.05) is 0 Å². The van der Waals surface area contributed by atoms with Gasteiger partial charge in [-0.3, -0.25) is 0 Å². The first kappa shape index (κ1) is 9.08. The molecule has 0 aliphatic carbocycles. The minimum absolute atomic E-state index is 0.111. The molecule has 72 valence electrons. The van der Waals surface area contributed by atoms with Gasteiger partial charge in [0.2, 0.25) is 0 Å². The number of halogens is 1. The lowest BCUT2D eigenvalue weighted by Crippen LogP contribution is -1.83. The molecule has 2 aromatic rings. The number of rotatable bonds is 1. The van der Waals surface area contributed by atoms with E-state index in [1.54, 1.807) is 24.3 Å². The monoisotopic (exact) mass is 254 g/mol. The number of anilines is 1. The van der Waals surface area contributed by atoms with Crippen LogP contribution in [0.4, 0.5) is 6.01 Å². The van der Waals surface area contributed by atoms with Crippen LogP contribution in [0.15, 0.2) is 33.4 Å². The summed E-state index contributed by atoms with van der Waals surface area (Å²) < 4.78 is 5.51. The summed E-state index contributed by atoms with van der Waals surface area (Å²) in [5.41, 5.74) is 6.85. The van der Waals surface area contributed by atoms with Gasteiger partial charge in [0.15, 0.2) is 4.67 Å². The molecule has 0 saturated carbocycles. The molecule has 1 aromatic heterocycles. The van der Waals surface area contributed by atoms with Crippen LogP contribution >= 0.6 is 15.9 Å². The van der Waals surface area contributed by atoms with Crippen LogP contribution in [-0.2, 0) is 0 Å². The van der Waals surface area contributed by atoms with Gasteiger partial charge < -0.3 is 15.3 Å². The number of nitrogen functional groups attached to an aromatic ring is 1. The van der Waals surface area contributed by atoms with Crippen LogP contribution in [0.25, 0.3) is 11.3 Å². The Labute approximate surface area is 88.5 Å². The number of hydrogen-bond acceptors (Lipinski definition) is 4. The van der Waals surface area contributed by atoms with E-state index in [0.717, 1.165) is 5.56 Å². The number of nitrogens with two attached hydrogens (primary N) is 1. The van der Waals surface area contributed by atoms with Crippen molar-refractivity contribution in [2.75, 3.05) is 5.73 Å². The number of aromatic hydroxyl groups is 1. The van der Waals surface area contributed by atoms with Gasteiger partial charge in [0.05, 0.1) is 0 Å². The van der Waals surface area contributed by atoms with Crippen molar-refractivity contribution in [1.82, 2.24) is 4.98 Å². The van der Waals surface area contributed by atoms with Crippen molar-refractivity contribution in [1.29, 1.82) is 0 Å². The van der Waals surface area contributed by atoms with E-state index in [4.69, 9.17) is 15.3 Å². The first-order chi connectivity index (χ1) is 6.66. The fourth-order valence-electron chi connectivity index (χ4n) is 1.11. The Kier molecular flexibility index (Phi) is 2.17. The van der Waals surface area contributed by atoms with E-state index in [2.05, 4.69) is 20.9 Å². The molecular formula is C9H7BrN2O2. The van der Waals surface area contributed by atoms with Crippen LogP contribution in [0.1, 0.15) is 0 Å². The van der Waals surface area contributed by atoms with E-state index in [1.807, 2.05) is 0 Å². The van der Waals surface area contributed by atoms with Crippen molar-refractivity contribution in [2.45, 2.75) is 0 Å². The van der Waals surface area contributed by atoms with Crippen molar-refractivity contribution in [3.05, 3.63) is 28.9 Å². The van der Waals surface area contributed by atoms with Gasteiger partial charge in [-0.05, 0) is 40.2 Å². The molecule has 2 rings (SSSR count). The summed E-state index contributed by atoms with van der Waals surface area (Å²) in [6.45, 7) is 0. The Morgan fingerprint density at radius 1 is 1.29 bits per heavy atom. The van der Waals surface area contributed by atoms with Crippen LogP contribution in [0.3, 0.4) is 0 Å². The number of phenols is 1. The van der Waals surface area contributed by atoms with Crippen molar-refractivity contribution >= 4 is 21.9 Å². The minimum atomic E-state index is 0.111. The summed E-state index contributed by atoms with van der Waals surface area (Å²) in [6, 6.07) is 6.73. The summed E-state index contributed by atoms with van der Waals surface area (Å²) in [6.07, 6.45) is 0. The Hall–Kier alpha value is -1.49. The van der Waals surface area contributed by atoms with E-state index in [-0.39, 0.29) is 11.8 Å². The smallest absolute Gasteiger partial charge is 0.293 e. The van der Waals surface area contributed by atoms with Gasteiger partial charge in [0.25, 0.3) is 6.01 Å². The Bertz CT molecular complexity index is 450. The maximum atomic E-state index is 9.10. The molecule has 0 unspecified atom stereocenters. The second-order valence-corrected chi connectivity index (χ2v) is 3.44. The quantitative estimate of drug-likeness (QED) is 0.820. The summed E-state index contributed by atoms with van der Waals surface area (Å²) in [5.74, 6) is 0.210. The second-order valence-electron chi connectivity index (χ2n) is 2.72. The molecule has 0 aliphatic heterocycles. The van der Waals surface area contributed by atoms with Crippen molar-refractivity contribution in [2.24, 2.45) is 0 Å². The topological polar surface area (TPSA) is 72.3 Å². The zero-order valence-corrected chi connectivity index (χ0v) is 8.65. The molecule has 0 fully saturated rings. The third-order valence-electron chi connectivity index (χ3n) is 1.74. The maximum Gasteiger partial charge on any atom is 0.293 e. The maximum absolute atomic E-state index is 9.10. The minimum Gasteiger partial charge on any atom is -0.508 e. The largest absolute Gasteiger partial charge is 0.508 e. The van der Waals surface area contributed by atoms with Gasteiger partial charge >= 0.3 is 0 Å². The molecule has 5 heteroatoms. The Morgan fingerprint density at radius 3 is 2.43 bits per heavy atom. The lowest BCUT2D eigenvalue weighted by Gasteiger charge is -1.96. The van der Waals surface area contributed by atoms with E-state index >= 15 is 0 Å². The van der Waals surface area contributed by atoms with Crippen LogP contribution in [0.5, 0.6) is 5.75 Å². The van der Waals surface area contributed by atoms with E-state index in [1.165, 1.54) is 0 Å². The highest BCUT2D eigenvalue weighted by molar-refractivity contribution is 9.10. The SMILES string of the molecule is Nc1nc(-c2ccc(O)cc2)c(Br)o1. The number of nitrogens with zero attached hydrogens (tertiary/aromatic N) is 1. The van der Waals surface area contributed by atoms with Gasteiger partial charge in [-0.25, -0.2) is 0 Å². The summed E-state index contributed by atoms with van der Waals surface area (Å²) in [7, 11) is 0. The molecule has 0 aliphatic rings. The Morgan fingerprint density at radius 2 is 1.93 bits per heavy atom. The van der Waals surface area contributed by atoms with Gasteiger partial charge in [-0.2, -0.15) is 4.98 Å². The lowest BCUT2D eigenvalue weighted by molar-refractivity contribution is 0.475. The normalized spacial score (nSPS) is 10.4. The molecule has 0 saturated heterocycles. The molecule has 0 spiro atoms. The zero-order chi connectivity index (χ0) is 10.1. The van der Waals surface area contributed by atoms with Gasteiger partial charge in [0, 0.05) is 5.56 Å². The number of phenolic OH excluding ortho intramolecular Hbond substituents is 1. The molecule has 1 heterocycles. The average Bonchev–Trinajstić information content (AvgIpc) is 2.47. The third kappa shape index (κ3) is 1.58. The molecule has 4 nitrogen and oxygen atoms in total. The first-order valence-electron chi connectivity index (χ1n) is 3.88. The van der Waals surface area contributed by atoms with Crippen LogP contribution in [0.2, 0.25) is 0 Å². The van der Waals surface area contributed by atoms with Crippen molar-refractivity contribution < 1.29 is 9.52 Å². The zero-order valence-electron chi connectivity index (χ0n) is 7.07. The average molecular weight is 255 g/mol. The standard InChI is InChI=1S/C9H7BrN2O2/c10-8-7(12-9(11)14-8)5-1-3-6(13)4-2-5/h1-4,13H,(H2,11,12). The fourth-order valence-corrected chi connectivity index (χ4v) is 1.60. The highest BCUT2D eigenvalue weighted by atomic mass is 79.9. The van der Waals surface area contributed by atoms with Gasteiger partial charge in [0.1, 0.15) is 11.4 Å². The molecular weight excluding hydrogens is 248 g/mol. The van der Waals surface area contributed by atoms with Crippen LogP contribution < -0.4 is 5.73 Å².